The second-order valence-electron chi connectivity index (χ2n) is 4.21. The van der Waals surface area contributed by atoms with Gasteiger partial charge in [-0.25, -0.2) is 0 Å². The standard InChI is InChI=1S/C15H18N2O2/c1-2-14(18)9-10-17-15(19)8-7-12-3-5-13(11-16)6-4-12/h3-8,14,18H,2,9-10H2,1H3,(H,17,19)/b8-7+. The molecular formula is C15H18N2O2. The number of hydrogen-bond donors (Lipinski definition) is 2. The van der Waals surface area contributed by atoms with Crippen LogP contribution in [-0.2, 0) is 4.79 Å². The summed E-state index contributed by atoms with van der Waals surface area (Å²) in [5, 5.41) is 20.7. The van der Waals surface area contributed by atoms with Crippen molar-refractivity contribution in [2.75, 3.05) is 6.54 Å². The molecule has 0 heterocycles. The molecule has 4 heteroatoms. The van der Waals surface area contributed by atoms with Gasteiger partial charge in [0.1, 0.15) is 0 Å². The van der Waals surface area contributed by atoms with Gasteiger partial charge in [0.15, 0.2) is 0 Å². The monoisotopic (exact) mass is 258 g/mol. The van der Waals surface area contributed by atoms with E-state index >= 15 is 0 Å². The first kappa shape index (κ1) is 14.9. The largest absolute Gasteiger partial charge is 0.393 e. The molecule has 100 valence electrons. The predicted molar refractivity (Wildman–Crippen MR) is 74.1 cm³/mol. The minimum absolute atomic E-state index is 0.187. The average Bonchev–Trinajstić information content (AvgIpc) is 2.45. The minimum Gasteiger partial charge on any atom is -0.393 e. The van der Waals surface area contributed by atoms with Crippen LogP contribution in [0.15, 0.2) is 30.3 Å². The van der Waals surface area contributed by atoms with Gasteiger partial charge in [-0.15, -0.1) is 0 Å². The number of amides is 1. The van der Waals surface area contributed by atoms with Crippen LogP contribution < -0.4 is 5.32 Å². The summed E-state index contributed by atoms with van der Waals surface area (Å²) in [5.41, 5.74) is 1.46. The molecule has 0 spiro atoms. The van der Waals surface area contributed by atoms with E-state index in [-0.39, 0.29) is 12.0 Å². The molecule has 0 aliphatic rings. The van der Waals surface area contributed by atoms with Gasteiger partial charge in [0.05, 0.1) is 17.7 Å². The van der Waals surface area contributed by atoms with E-state index in [1.807, 2.05) is 13.0 Å². The molecule has 19 heavy (non-hydrogen) atoms. The number of rotatable bonds is 6. The molecule has 0 aromatic heterocycles. The quantitative estimate of drug-likeness (QED) is 0.765. The van der Waals surface area contributed by atoms with E-state index in [0.29, 0.717) is 24.9 Å². The van der Waals surface area contributed by atoms with Gasteiger partial charge in [-0.05, 0) is 36.6 Å². The summed E-state index contributed by atoms with van der Waals surface area (Å²) in [5.74, 6) is -0.187. The highest BCUT2D eigenvalue weighted by molar-refractivity contribution is 5.91. The predicted octanol–water partition coefficient (Wildman–Crippen LogP) is 1.85. The molecule has 0 bridgehead atoms. The maximum atomic E-state index is 11.5. The second kappa shape index (κ2) is 8.06. The number of carbonyl (C=O) groups is 1. The number of nitrogens with zero attached hydrogens (tertiary/aromatic N) is 1. The average molecular weight is 258 g/mol. The Morgan fingerprint density at radius 2 is 2.16 bits per heavy atom. The van der Waals surface area contributed by atoms with Crippen molar-refractivity contribution < 1.29 is 9.90 Å². The van der Waals surface area contributed by atoms with Crippen LogP contribution in [0.3, 0.4) is 0 Å². The number of hydrogen-bond acceptors (Lipinski definition) is 3. The van der Waals surface area contributed by atoms with Crippen LogP contribution in [0.5, 0.6) is 0 Å². The summed E-state index contributed by atoms with van der Waals surface area (Å²) in [6.45, 7) is 2.36. The van der Waals surface area contributed by atoms with Gasteiger partial charge < -0.3 is 10.4 Å². The fourth-order valence-corrected chi connectivity index (χ4v) is 1.47. The number of nitriles is 1. The van der Waals surface area contributed by atoms with Crippen molar-refractivity contribution in [2.24, 2.45) is 0 Å². The van der Waals surface area contributed by atoms with E-state index in [9.17, 15) is 9.90 Å². The molecule has 0 saturated carbocycles. The zero-order valence-corrected chi connectivity index (χ0v) is 11.0. The topological polar surface area (TPSA) is 73.1 Å². The Hall–Kier alpha value is -2.12. The summed E-state index contributed by atoms with van der Waals surface area (Å²) in [7, 11) is 0. The molecule has 1 unspecified atom stereocenters. The van der Waals surface area contributed by atoms with Gasteiger partial charge in [0.2, 0.25) is 5.91 Å². The molecular weight excluding hydrogens is 240 g/mol. The maximum absolute atomic E-state index is 11.5. The molecule has 1 atom stereocenters. The Morgan fingerprint density at radius 3 is 2.74 bits per heavy atom. The van der Waals surface area contributed by atoms with E-state index < -0.39 is 0 Å². The van der Waals surface area contributed by atoms with Crippen LogP contribution in [-0.4, -0.2) is 23.7 Å². The highest BCUT2D eigenvalue weighted by atomic mass is 16.3. The molecule has 0 saturated heterocycles. The fourth-order valence-electron chi connectivity index (χ4n) is 1.47. The maximum Gasteiger partial charge on any atom is 0.244 e. The van der Waals surface area contributed by atoms with Gasteiger partial charge in [-0.3, -0.25) is 4.79 Å². The number of nitrogens with one attached hydrogen (secondary N) is 1. The highest BCUT2D eigenvalue weighted by Crippen LogP contribution is 2.05. The van der Waals surface area contributed by atoms with Crippen LogP contribution in [0.2, 0.25) is 0 Å². The third kappa shape index (κ3) is 5.84. The minimum atomic E-state index is -0.359. The Labute approximate surface area is 113 Å². The summed E-state index contributed by atoms with van der Waals surface area (Å²) in [4.78, 5) is 11.5. The third-order valence-electron chi connectivity index (χ3n) is 2.71. The molecule has 1 amide bonds. The zero-order chi connectivity index (χ0) is 14.1. The number of aliphatic hydroxyl groups excluding tert-OH is 1. The van der Waals surface area contributed by atoms with Gasteiger partial charge >= 0.3 is 0 Å². The highest BCUT2D eigenvalue weighted by Gasteiger charge is 2.01. The van der Waals surface area contributed by atoms with Crippen molar-refractivity contribution >= 4 is 12.0 Å². The molecule has 1 aromatic carbocycles. The Balaban J connectivity index is 2.38. The summed E-state index contributed by atoms with van der Waals surface area (Å²) in [6.07, 6.45) is 4.03. The second-order valence-corrected chi connectivity index (χ2v) is 4.21. The number of carbonyl (C=O) groups excluding carboxylic acids is 1. The number of benzene rings is 1. The third-order valence-corrected chi connectivity index (χ3v) is 2.71. The van der Waals surface area contributed by atoms with E-state index in [4.69, 9.17) is 5.26 Å². The normalized spacial score (nSPS) is 12.1. The van der Waals surface area contributed by atoms with Gasteiger partial charge in [0.25, 0.3) is 0 Å². The lowest BCUT2D eigenvalue weighted by Crippen LogP contribution is -2.25. The van der Waals surface area contributed by atoms with Crippen LogP contribution in [0.25, 0.3) is 6.08 Å². The van der Waals surface area contributed by atoms with Crippen LogP contribution in [0.1, 0.15) is 30.9 Å². The van der Waals surface area contributed by atoms with E-state index in [1.54, 1.807) is 30.3 Å². The van der Waals surface area contributed by atoms with Crippen LogP contribution >= 0.6 is 0 Å². The van der Waals surface area contributed by atoms with Gasteiger partial charge in [0, 0.05) is 12.6 Å². The van der Waals surface area contributed by atoms with Crippen molar-refractivity contribution in [1.82, 2.24) is 5.32 Å². The van der Waals surface area contributed by atoms with Crippen molar-refractivity contribution in [3.05, 3.63) is 41.5 Å². The number of aliphatic hydroxyl groups is 1. The molecule has 2 N–H and O–H groups in total. The molecule has 0 aliphatic heterocycles. The molecule has 4 nitrogen and oxygen atoms in total. The fraction of sp³-hybridized carbons (Fsp3) is 0.333. The van der Waals surface area contributed by atoms with Crippen LogP contribution in [0.4, 0.5) is 0 Å². The van der Waals surface area contributed by atoms with Crippen molar-refractivity contribution in [3.63, 3.8) is 0 Å². The van der Waals surface area contributed by atoms with Gasteiger partial charge in [-0.2, -0.15) is 5.26 Å². The smallest absolute Gasteiger partial charge is 0.244 e. The molecule has 1 rings (SSSR count). The first-order chi connectivity index (χ1) is 9.15. The van der Waals surface area contributed by atoms with Crippen molar-refractivity contribution in [2.45, 2.75) is 25.9 Å². The molecule has 0 radical (unpaired) electrons. The summed E-state index contributed by atoms with van der Waals surface area (Å²) in [6, 6.07) is 9.00. The SMILES string of the molecule is CCC(O)CCNC(=O)/C=C/c1ccc(C#N)cc1. The Kier molecular flexibility index (Phi) is 6.34. The Bertz CT molecular complexity index is 472. The summed E-state index contributed by atoms with van der Waals surface area (Å²) < 4.78 is 0. The van der Waals surface area contributed by atoms with E-state index in [0.717, 1.165) is 5.56 Å². The Morgan fingerprint density at radius 1 is 1.47 bits per heavy atom. The van der Waals surface area contributed by atoms with Crippen molar-refractivity contribution in [3.8, 4) is 6.07 Å². The van der Waals surface area contributed by atoms with Crippen LogP contribution in [0, 0.1) is 11.3 Å². The lowest BCUT2D eigenvalue weighted by Gasteiger charge is -2.07. The molecule has 0 aliphatic carbocycles. The first-order valence-corrected chi connectivity index (χ1v) is 6.30. The van der Waals surface area contributed by atoms with Crippen molar-refractivity contribution in [1.29, 1.82) is 5.26 Å². The molecule has 0 fully saturated rings. The molecule has 1 aromatic rings. The summed E-state index contributed by atoms with van der Waals surface area (Å²) >= 11 is 0. The first-order valence-electron chi connectivity index (χ1n) is 6.30. The zero-order valence-electron chi connectivity index (χ0n) is 11.0. The van der Waals surface area contributed by atoms with Gasteiger partial charge in [-0.1, -0.05) is 19.1 Å². The lowest BCUT2D eigenvalue weighted by molar-refractivity contribution is -0.116. The van der Waals surface area contributed by atoms with E-state index in [1.165, 1.54) is 6.08 Å². The van der Waals surface area contributed by atoms with E-state index in [2.05, 4.69) is 5.32 Å². The lowest BCUT2D eigenvalue weighted by atomic mass is 10.1.